The zero-order valence-electron chi connectivity index (χ0n) is 7.76. The Hall–Kier alpha value is -0.860. The lowest BCUT2D eigenvalue weighted by Crippen LogP contribution is -2.38. The van der Waals surface area contributed by atoms with E-state index in [9.17, 15) is 9.18 Å². The highest BCUT2D eigenvalue weighted by Crippen LogP contribution is 2.24. The van der Waals surface area contributed by atoms with Crippen LogP contribution in [0, 0.1) is 5.92 Å². The first kappa shape index (κ1) is 11.1. The molecule has 0 saturated carbocycles. The molecular weight excluding hydrogens is 159 g/mol. The summed E-state index contributed by atoms with van der Waals surface area (Å²) in [6.07, 6.45) is 0.996. The van der Waals surface area contributed by atoms with Crippen LogP contribution < -0.4 is 0 Å². The van der Waals surface area contributed by atoms with Crippen molar-refractivity contribution in [3.05, 3.63) is 12.7 Å². The van der Waals surface area contributed by atoms with Crippen molar-refractivity contribution in [3.63, 3.8) is 0 Å². The molecule has 0 amide bonds. The van der Waals surface area contributed by atoms with Crippen LogP contribution in [0.25, 0.3) is 0 Å². The molecule has 1 atom stereocenters. The molecule has 0 rings (SSSR count). The fourth-order valence-corrected chi connectivity index (χ4v) is 0.796. The Morgan fingerprint density at radius 2 is 2.25 bits per heavy atom. The van der Waals surface area contributed by atoms with Gasteiger partial charge in [0.05, 0.1) is 6.61 Å². The molecule has 0 saturated heterocycles. The highest BCUT2D eigenvalue weighted by atomic mass is 19.1. The zero-order valence-corrected chi connectivity index (χ0v) is 7.76. The number of halogens is 1. The predicted octanol–water partition coefficient (Wildman–Crippen LogP) is 2.10. The monoisotopic (exact) mass is 174 g/mol. The minimum Gasteiger partial charge on any atom is -0.463 e. The molecular formula is C9H15FO2. The Kier molecular flexibility index (Phi) is 3.93. The fraction of sp³-hybridized carbons (Fsp3) is 0.667. The van der Waals surface area contributed by atoms with Gasteiger partial charge in [-0.05, 0) is 13.0 Å². The molecule has 0 heterocycles. The second-order valence-electron chi connectivity index (χ2n) is 2.85. The van der Waals surface area contributed by atoms with E-state index in [1.807, 2.05) is 0 Å². The van der Waals surface area contributed by atoms with Crippen LogP contribution in [0.5, 0.6) is 0 Å². The van der Waals surface area contributed by atoms with Gasteiger partial charge in [-0.15, -0.1) is 0 Å². The third-order valence-electron chi connectivity index (χ3n) is 1.73. The highest BCUT2D eigenvalue weighted by Gasteiger charge is 2.40. The van der Waals surface area contributed by atoms with E-state index in [4.69, 9.17) is 0 Å². The van der Waals surface area contributed by atoms with E-state index in [2.05, 4.69) is 11.3 Å². The minimum absolute atomic E-state index is 0.186. The topological polar surface area (TPSA) is 26.3 Å². The maximum absolute atomic E-state index is 13.6. The molecule has 0 aliphatic carbocycles. The first-order valence-electron chi connectivity index (χ1n) is 3.98. The number of rotatable bonds is 4. The molecule has 12 heavy (non-hydrogen) atoms. The Bertz CT molecular complexity index is 177. The molecule has 0 fully saturated rings. The van der Waals surface area contributed by atoms with Crippen LogP contribution in [0.1, 0.15) is 20.8 Å². The molecule has 3 heteroatoms. The number of carbonyl (C=O) groups excluding carboxylic acids is 1. The number of ether oxygens (including phenoxy) is 1. The largest absolute Gasteiger partial charge is 0.463 e. The maximum Gasteiger partial charge on any atom is 0.348 e. The predicted molar refractivity (Wildman–Crippen MR) is 45.5 cm³/mol. The zero-order chi connectivity index (χ0) is 9.78. The van der Waals surface area contributed by atoms with Crippen LogP contribution in [0.2, 0.25) is 0 Å². The van der Waals surface area contributed by atoms with Crippen LogP contribution in [0.3, 0.4) is 0 Å². The Labute approximate surface area is 72.4 Å². The van der Waals surface area contributed by atoms with E-state index in [0.717, 1.165) is 6.08 Å². The van der Waals surface area contributed by atoms with Crippen LogP contribution >= 0.6 is 0 Å². The highest BCUT2D eigenvalue weighted by molar-refractivity contribution is 5.82. The molecule has 0 spiro atoms. The molecule has 0 aliphatic rings. The van der Waals surface area contributed by atoms with E-state index >= 15 is 0 Å². The summed E-state index contributed by atoms with van der Waals surface area (Å²) >= 11 is 0. The summed E-state index contributed by atoms with van der Waals surface area (Å²) in [4.78, 5) is 11.1. The molecule has 0 aromatic carbocycles. The van der Waals surface area contributed by atoms with Gasteiger partial charge in [-0.25, -0.2) is 9.18 Å². The number of carbonyl (C=O) groups is 1. The van der Waals surface area contributed by atoms with Crippen molar-refractivity contribution in [2.75, 3.05) is 6.61 Å². The fourth-order valence-electron chi connectivity index (χ4n) is 0.796. The third-order valence-corrected chi connectivity index (χ3v) is 1.73. The van der Waals surface area contributed by atoms with Gasteiger partial charge in [-0.1, -0.05) is 20.4 Å². The molecule has 0 radical (unpaired) electrons. The van der Waals surface area contributed by atoms with Gasteiger partial charge in [0.2, 0.25) is 5.67 Å². The summed E-state index contributed by atoms with van der Waals surface area (Å²) < 4.78 is 18.2. The molecule has 0 N–H and O–H groups in total. The Morgan fingerprint density at radius 1 is 1.75 bits per heavy atom. The Balaban J connectivity index is 4.51. The quantitative estimate of drug-likeness (QED) is 0.482. The number of hydrogen-bond acceptors (Lipinski definition) is 2. The SMILES string of the molecule is C=CC(F)(C(=O)OCC)C(C)C. The van der Waals surface area contributed by atoms with Crippen molar-refractivity contribution in [1.29, 1.82) is 0 Å². The summed E-state index contributed by atoms with van der Waals surface area (Å²) in [7, 11) is 0. The van der Waals surface area contributed by atoms with E-state index in [0.29, 0.717) is 0 Å². The molecule has 2 nitrogen and oxygen atoms in total. The van der Waals surface area contributed by atoms with E-state index in [1.165, 1.54) is 0 Å². The second-order valence-corrected chi connectivity index (χ2v) is 2.85. The van der Waals surface area contributed by atoms with Crippen molar-refractivity contribution in [1.82, 2.24) is 0 Å². The second kappa shape index (κ2) is 4.24. The van der Waals surface area contributed by atoms with Crippen LogP contribution in [0.4, 0.5) is 4.39 Å². The standard InChI is InChI=1S/C9H15FO2/c1-5-9(10,7(3)4)8(11)12-6-2/h5,7H,1,6H2,2-4H3. The van der Waals surface area contributed by atoms with Gasteiger partial charge in [0, 0.05) is 5.92 Å². The number of alkyl halides is 1. The van der Waals surface area contributed by atoms with Crippen LogP contribution in [-0.4, -0.2) is 18.2 Å². The summed E-state index contributed by atoms with van der Waals surface area (Å²) in [6.45, 7) is 8.33. The molecule has 0 aromatic heterocycles. The lowest BCUT2D eigenvalue weighted by atomic mass is 9.93. The third kappa shape index (κ3) is 2.06. The normalized spacial score (nSPS) is 15.4. The summed E-state index contributed by atoms with van der Waals surface area (Å²) in [5.41, 5.74) is -2.05. The van der Waals surface area contributed by atoms with Crippen molar-refractivity contribution < 1.29 is 13.9 Å². The van der Waals surface area contributed by atoms with Crippen LogP contribution in [0.15, 0.2) is 12.7 Å². The number of hydrogen-bond donors (Lipinski definition) is 0. The molecule has 0 aromatic rings. The number of esters is 1. The van der Waals surface area contributed by atoms with Gasteiger partial charge in [0.25, 0.3) is 0 Å². The van der Waals surface area contributed by atoms with Gasteiger partial charge in [0.15, 0.2) is 0 Å². The van der Waals surface area contributed by atoms with E-state index in [-0.39, 0.29) is 6.61 Å². The van der Waals surface area contributed by atoms with Gasteiger partial charge in [-0.3, -0.25) is 0 Å². The van der Waals surface area contributed by atoms with Gasteiger partial charge in [-0.2, -0.15) is 0 Å². The van der Waals surface area contributed by atoms with Crippen molar-refractivity contribution in [2.24, 2.45) is 5.92 Å². The van der Waals surface area contributed by atoms with Crippen molar-refractivity contribution in [3.8, 4) is 0 Å². The van der Waals surface area contributed by atoms with Gasteiger partial charge in [0.1, 0.15) is 0 Å². The minimum atomic E-state index is -2.05. The summed E-state index contributed by atoms with van der Waals surface area (Å²) in [5, 5.41) is 0. The average Bonchev–Trinajstić information content (AvgIpc) is 2.03. The lowest BCUT2D eigenvalue weighted by Gasteiger charge is -2.22. The summed E-state index contributed by atoms with van der Waals surface area (Å²) in [5.74, 6) is -1.30. The molecule has 70 valence electrons. The Morgan fingerprint density at radius 3 is 2.50 bits per heavy atom. The first-order chi connectivity index (χ1) is 5.49. The van der Waals surface area contributed by atoms with E-state index < -0.39 is 17.6 Å². The maximum atomic E-state index is 13.6. The van der Waals surface area contributed by atoms with E-state index in [1.54, 1.807) is 20.8 Å². The van der Waals surface area contributed by atoms with Gasteiger partial charge >= 0.3 is 5.97 Å². The van der Waals surface area contributed by atoms with Gasteiger partial charge < -0.3 is 4.74 Å². The molecule has 0 bridgehead atoms. The van der Waals surface area contributed by atoms with Crippen molar-refractivity contribution >= 4 is 5.97 Å². The van der Waals surface area contributed by atoms with Crippen molar-refractivity contribution in [2.45, 2.75) is 26.4 Å². The average molecular weight is 174 g/mol. The smallest absolute Gasteiger partial charge is 0.348 e. The lowest BCUT2D eigenvalue weighted by molar-refractivity contribution is -0.156. The molecule has 1 unspecified atom stereocenters. The summed E-state index contributed by atoms with van der Waals surface area (Å²) in [6, 6.07) is 0. The molecule has 0 aliphatic heterocycles. The first-order valence-corrected chi connectivity index (χ1v) is 3.98. The van der Waals surface area contributed by atoms with Crippen LogP contribution in [-0.2, 0) is 9.53 Å².